The number of carbonyl (C=O) groups excluding carboxylic acids is 3. The molecular formula is C116H122BrNaO26. The summed E-state index contributed by atoms with van der Waals surface area (Å²) >= 11 is 3.37. The van der Waals surface area contributed by atoms with E-state index >= 15 is 0 Å². The van der Waals surface area contributed by atoms with E-state index < -0.39 is 36.4 Å². The molecule has 0 unspecified atom stereocenters. The largest absolute Gasteiger partial charge is 1.00 e. The van der Waals surface area contributed by atoms with Gasteiger partial charge in [-0.05, 0) is 273 Å². The van der Waals surface area contributed by atoms with Gasteiger partial charge in [0.25, 0.3) is 0 Å². The number of alkyl halides is 1. The Morgan fingerprint density at radius 3 is 0.646 bits per heavy atom. The number of aliphatic carboxylic acids is 2. The van der Waals surface area contributed by atoms with E-state index in [4.69, 9.17) is 101 Å². The van der Waals surface area contributed by atoms with Crippen molar-refractivity contribution >= 4 is 39.8 Å². The molecule has 0 radical (unpaired) electrons. The maximum Gasteiger partial charge on any atom is 1.00 e. The molecular weight excluding hydrogens is 1910 g/mol. The molecule has 14 aromatic rings. The number of esters is 2. The number of ether oxygens (including phenoxy) is 18. The van der Waals surface area contributed by atoms with Crippen LogP contribution in [0.5, 0.6) is 109 Å². The van der Waals surface area contributed by atoms with Gasteiger partial charge in [0.15, 0.2) is 18.3 Å². The average Bonchev–Trinajstić information content (AvgIpc) is 0.909. The quantitative estimate of drug-likeness (QED) is 0.0138. The predicted molar refractivity (Wildman–Crippen MR) is 549 cm³/mol. The Morgan fingerprint density at radius 1 is 0.257 bits per heavy atom. The molecule has 0 fully saturated rings. The summed E-state index contributed by atoms with van der Waals surface area (Å²) in [6.07, 6.45) is 1.67. The van der Waals surface area contributed by atoms with Crippen LogP contribution in [-0.2, 0) is 73.3 Å². The molecule has 0 aliphatic heterocycles. The number of hydrogen-bond acceptors (Lipinski definition) is 25. The number of hydrogen-bond donors (Lipinski definition) is 3. The van der Waals surface area contributed by atoms with E-state index in [0.717, 1.165) is 146 Å². The Hall–Kier alpha value is -14.5. The second kappa shape index (κ2) is 67.8. The third kappa shape index (κ3) is 46.0. The molecule has 14 aromatic carbocycles. The molecule has 14 rings (SSSR count). The van der Waals surface area contributed by atoms with E-state index in [1.54, 1.807) is 62.4 Å². The van der Waals surface area contributed by atoms with Crippen LogP contribution in [-0.4, -0.2) is 157 Å². The van der Waals surface area contributed by atoms with Crippen LogP contribution in [0.4, 0.5) is 0 Å². The van der Waals surface area contributed by atoms with Gasteiger partial charge < -0.3 is 110 Å². The Bertz CT molecular complexity index is 5640. The standard InChI is InChI=1S/C27H30O6.2C25H26O6.C15H15BrO2.C12H16O4.C12H10O2.Na/c1-3-30-27(28)26(29-2)20-21-10-12-22(13-11-21)31-18-7-19-32-23-14-16-25(17-15-23)33-24-8-5-4-6-9-24;2*1-28-24(25(26)27)18-19-8-10-20(11-9-19)29-16-5-17-30-21-12-14-23(15-13-21)31-22-6-3-2-4-7-22;16-11-4-12-17-13-7-9-15(10-8-13)18-14-5-2-1-3-6-14;1-3-16-12(14)11(15-2)8-9-4-6-10(13)7-5-9;13-10-6-8-12(9-7-10)14-11-4-2-1-3-5-11;/h4-6,8-17,26H,3,7,18-20H2,1-2H3;2*2-4,6-15,24H,5,16-18H2,1H3,(H,26,27);1-3,5-10H,4,11-12H2;4-7,11,13H,3,8H2,1-2H3;1-9,13H;/q;;;;;;+1/p-1/t26-;2*24-;;11-;;/m000.0../s1. The van der Waals surface area contributed by atoms with Crippen molar-refractivity contribution in [2.45, 2.75) is 89.6 Å². The molecule has 0 heterocycles. The normalized spacial score (nSPS) is 11.1. The van der Waals surface area contributed by atoms with Gasteiger partial charge in [-0.1, -0.05) is 155 Å². The number of phenols is 2. The van der Waals surface area contributed by atoms with Gasteiger partial charge in [-0.3, -0.25) is 0 Å². The molecule has 28 heteroatoms. The van der Waals surface area contributed by atoms with Gasteiger partial charge in [-0.15, -0.1) is 0 Å². The molecule has 0 saturated heterocycles. The van der Waals surface area contributed by atoms with Crippen molar-refractivity contribution in [1.82, 2.24) is 0 Å². The van der Waals surface area contributed by atoms with Gasteiger partial charge in [0.1, 0.15) is 115 Å². The average molecular weight is 2040 g/mol. The number of methoxy groups -OCH3 is 4. The van der Waals surface area contributed by atoms with Crippen LogP contribution in [0.15, 0.2) is 370 Å². The van der Waals surface area contributed by atoms with Gasteiger partial charge in [-0.25, -0.2) is 14.4 Å². The number of aromatic hydroxyl groups is 2. The van der Waals surface area contributed by atoms with Crippen molar-refractivity contribution in [1.29, 1.82) is 0 Å². The summed E-state index contributed by atoms with van der Waals surface area (Å²) < 4.78 is 98.6. The molecule has 0 amide bonds. The second-order valence-corrected chi connectivity index (χ2v) is 31.8. The first-order chi connectivity index (χ1) is 69.8. The third-order valence-corrected chi connectivity index (χ3v) is 20.8. The van der Waals surface area contributed by atoms with Crippen LogP contribution in [0.2, 0.25) is 0 Å². The van der Waals surface area contributed by atoms with Crippen LogP contribution in [0.25, 0.3) is 0 Å². The zero-order valence-electron chi connectivity index (χ0n) is 81.9. The number of halogens is 1. The van der Waals surface area contributed by atoms with Gasteiger partial charge in [0.2, 0.25) is 0 Å². The molecule has 4 atom stereocenters. The summed E-state index contributed by atoms with van der Waals surface area (Å²) in [6, 6.07) is 114. The summed E-state index contributed by atoms with van der Waals surface area (Å²) in [6.45, 7) is 8.11. The number of rotatable bonds is 50. The molecule has 26 nitrogen and oxygen atoms in total. The van der Waals surface area contributed by atoms with Crippen molar-refractivity contribution in [3.05, 3.63) is 392 Å². The minimum Gasteiger partial charge on any atom is -0.547 e. The van der Waals surface area contributed by atoms with E-state index in [1.807, 2.05) is 322 Å². The summed E-state index contributed by atoms with van der Waals surface area (Å²) in [7, 11) is 5.73. The van der Waals surface area contributed by atoms with Crippen LogP contribution >= 0.6 is 15.9 Å². The molecule has 750 valence electrons. The summed E-state index contributed by atoms with van der Waals surface area (Å²) in [4.78, 5) is 45.3. The minimum absolute atomic E-state index is 0. The number of carbonyl (C=O) groups is 4. The molecule has 0 saturated carbocycles. The molecule has 0 spiro atoms. The molecule has 0 aliphatic rings. The first-order valence-electron chi connectivity index (χ1n) is 46.6. The number of benzene rings is 14. The van der Waals surface area contributed by atoms with E-state index in [-0.39, 0.29) is 59.4 Å². The predicted octanol–water partition coefficient (Wildman–Crippen LogP) is 20.4. The van der Waals surface area contributed by atoms with Gasteiger partial charge >= 0.3 is 47.5 Å². The monoisotopic (exact) mass is 2030 g/mol. The maximum absolute atomic E-state index is 11.9. The number of phenolic OH excluding ortho intramolecular Hbond substituents is 2. The summed E-state index contributed by atoms with van der Waals surface area (Å²) in [5.41, 5.74) is 3.61. The fourth-order valence-corrected chi connectivity index (χ4v) is 13.0. The molecule has 0 aliphatic carbocycles. The van der Waals surface area contributed by atoms with Crippen molar-refractivity contribution < 1.29 is 154 Å². The second-order valence-electron chi connectivity index (χ2n) is 31.0. The smallest absolute Gasteiger partial charge is 0.547 e. The first kappa shape index (κ1) is 115. The van der Waals surface area contributed by atoms with E-state index in [2.05, 4.69) is 15.9 Å². The molecule has 0 bridgehead atoms. The topological polar surface area (TPSA) is 318 Å². The Morgan fingerprint density at radius 2 is 0.438 bits per heavy atom. The van der Waals surface area contributed by atoms with Crippen LogP contribution < -0.4 is 91.5 Å². The van der Waals surface area contributed by atoms with Gasteiger partial charge in [-0.2, -0.15) is 0 Å². The number of carboxylic acid groups (broad SMARTS) is 2. The van der Waals surface area contributed by atoms with E-state index in [9.17, 15) is 24.3 Å². The Balaban J connectivity index is 0.000000217. The van der Waals surface area contributed by atoms with Gasteiger partial charge in [0, 0.05) is 78.7 Å². The molecule has 144 heavy (non-hydrogen) atoms. The number of carboxylic acids is 2. The number of para-hydroxylation sites is 5. The van der Waals surface area contributed by atoms with E-state index in [1.165, 1.54) is 28.4 Å². The van der Waals surface area contributed by atoms with Crippen LogP contribution in [0.1, 0.15) is 61.8 Å². The molecule has 0 aromatic heterocycles. The third-order valence-electron chi connectivity index (χ3n) is 20.2. The first-order valence-corrected chi connectivity index (χ1v) is 47.7. The zero-order valence-corrected chi connectivity index (χ0v) is 85.5. The Labute approximate surface area is 872 Å². The van der Waals surface area contributed by atoms with Crippen molar-refractivity contribution in [3.63, 3.8) is 0 Å². The SMILES string of the molecule is BrCCCOc1ccc(Oc2ccccc2)cc1.CCOC(=O)[C@H](Cc1ccc(O)cc1)OC.CCOC(=O)[C@H](Cc1ccc(OCCCOc2ccc(Oc3ccccc3)cc2)cc1)OC.CO[C@@H](Cc1ccc(OCCCOc2ccc(Oc3ccccc3)cc2)cc1)C(=O)O.CO[C@@H](Cc1ccc(OCCCOc2ccc(Oc3ccccc3)cc2)cc1)C(=O)[O-].Oc1ccc(Oc2ccccc2)cc1.[Na+]. The Kier molecular flexibility index (Phi) is 54.0. The van der Waals surface area contributed by atoms with Crippen LogP contribution in [0.3, 0.4) is 0 Å². The fourth-order valence-electron chi connectivity index (χ4n) is 12.8. The van der Waals surface area contributed by atoms with E-state index in [0.29, 0.717) is 83.6 Å². The fraction of sp³-hybridized carbons (Fsp3) is 0.241. The summed E-state index contributed by atoms with van der Waals surface area (Å²) in [5.74, 6) is 10.8. The van der Waals surface area contributed by atoms with Crippen molar-refractivity contribution in [2.24, 2.45) is 0 Å². The van der Waals surface area contributed by atoms with Crippen molar-refractivity contribution in [2.75, 3.05) is 93.2 Å². The summed E-state index contributed by atoms with van der Waals surface area (Å²) in [5, 5.41) is 39.1. The van der Waals surface area contributed by atoms with Crippen molar-refractivity contribution in [3.8, 4) is 109 Å². The van der Waals surface area contributed by atoms with Gasteiger partial charge in [0.05, 0.1) is 65.4 Å². The van der Waals surface area contributed by atoms with Crippen LogP contribution in [0, 0.1) is 0 Å². The maximum atomic E-state index is 11.9. The molecule has 3 N–H and O–H groups in total. The minimum atomic E-state index is -1.22. The zero-order chi connectivity index (χ0) is 101.